The van der Waals surface area contributed by atoms with E-state index in [2.05, 4.69) is 5.32 Å². The van der Waals surface area contributed by atoms with Gasteiger partial charge in [-0.1, -0.05) is 13.8 Å². The zero-order chi connectivity index (χ0) is 15.2. The van der Waals surface area contributed by atoms with Gasteiger partial charge < -0.3 is 20.5 Å². The molecule has 3 N–H and O–H groups in total. The van der Waals surface area contributed by atoms with Crippen LogP contribution >= 0.6 is 11.8 Å². The molecule has 0 radical (unpaired) electrons. The topological polar surface area (TPSA) is 73.6 Å². The molecule has 1 aromatic carbocycles. The van der Waals surface area contributed by atoms with Gasteiger partial charge in [0.05, 0.1) is 19.3 Å². The van der Waals surface area contributed by atoms with E-state index in [9.17, 15) is 4.79 Å². The van der Waals surface area contributed by atoms with E-state index in [0.717, 1.165) is 22.8 Å². The largest absolute Gasteiger partial charge is 0.490 e. The van der Waals surface area contributed by atoms with Gasteiger partial charge in [-0.2, -0.15) is 0 Å². The molecule has 1 amide bonds. The highest BCUT2D eigenvalue weighted by Gasteiger charge is 2.17. The van der Waals surface area contributed by atoms with Crippen molar-refractivity contribution in [3.63, 3.8) is 0 Å². The third-order valence-electron chi connectivity index (χ3n) is 3.01. The summed E-state index contributed by atoms with van der Waals surface area (Å²) in [6, 6.07) is 5.72. The number of benzene rings is 1. The number of nitrogens with one attached hydrogen (secondary N) is 1. The third kappa shape index (κ3) is 4.82. The summed E-state index contributed by atoms with van der Waals surface area (Å²) in [5, 5.41) is 3.17. The second kappa shape index (κ2) is 7.56. The van der Waals surface area contributed by atoms with Crippen LogP contribution in [0.2, 0.25) is 0 Å². The second-order valence-corrected chi connectivity index (χ2v) is 6.34. The number of fused-ring (bicyclic) bond motifs is 1. The first-order chi connectivity index (χ1) is 10.1. The zero-order valence-electron chi connectivity index (χ0n) is 12.4. The number of thioether (sulfide) groups is 1. The SMILES string of the molecule is CC(C)NC(CSc1ccc2c(c1)OCCCO2)C(N)=O. The van der Waals surface area contributed by atoms with Gasteiger partial charge in [-0.05, 0) is 18.2 Å². The quantitative estimate of drug-likeness (QED) is 0.784. The summed E-state index contributed by atoms with van der Waals surface area (Å²) in [4.78, 5) is 12.5. The smallest absolute Gasteiger partial charge is 0.235 e. The first kappa shape index (κ1) is 16.0. The summed E-state index contributed by atoms with van der Waals surface area (Å²) in [5.74, 6) is 1.81. The Balaban J connectivity index is 1.99. The van der Waals surface area contributed by atoms with Crippen LogP contribution in [0.1, 0.15) is 20.3 Å². The fourth-order valence-electron chi connectivity index (χ4n) is 2.03. The molecule has 0 aromatic heterocycles. The van der Waals surface area contributed by atoms with Crippen LogP contribution in [0.15, 0.2) is 23.1 Å². The molecule has 0 bridgehead atoms. The molecular formula is C15H22N2O3S. The van der Waals surface area contributed by atoms with Crippen molar-refractivity contribution in [2.75, 3.05) is 19.0 Å². The summed E-state index contributed by atoms with van der Waals surface area (Å²) >= 11 is 1.58. The van der Waals surface area contributed by atoms with E-state index >= 15 is 0 Å². The molecule has 0 spiro atoms. The van der Waals surface area contributed by atoms with Crippen LogP contribution in [0.4, 0.5) is 0 Å². The lowest BCUT2D eigenvalue weighted by atomic mass is 10.3. The second-order valence-electron chi connectivity index (χ2n) is 5.25. The van der Waals surface area contributed by atoms with Gasteiger partial charge in [0.15, 0.2) is 11.5 Å². The lowest BCUT2D eigenvalue weighted by Crippen LogP contribution is -2.46. The van der Waals surface area contributed by atoms with Gasteiger partial charge in [-0.3, -0.25) is 4.79 Å². The minimum Gasteiger partial charge on any atom is -0.490 e. The predicted molar refractivity (Wildman–Crippen MR) is 84.0 cm³/mol. The number of carbonyl (C=O) groups excluding carboxylic acids is 1. The summed E-state index contributed by atoms with van der Waals surface area (Å²) in [5.41, 5.74) is 5.42. The molecule has 1 atom stereocenters. The van der Waals surface area contributed by atoms with Crippen molar-refractivity contribution in [2.45, 2.75) is 37.2 Å². The summed E-state index contributed by atoms with van der Waals surface area (Å²) in [6.45, 7) is 5.34. The van der Waals surface area contributed by atoms with Gasteiger partial charge in [0, 0.05) is 23.1 Å². The Morgan fingerprint density at radius 2 is 2.05 bits per heavy atom. The maximum atomic E-state index is 11.4. The van der Waals surface area contributed by atoms with Crippen LogP contribution in [0.25, 0.3) is 0 Å². The van der Waals surface area contributed by atoms with E-state index in [1.54, 1.807) is 11.8 Å². The molecule has 0 saturated heterocycles. The molecule has 1 aliphatic heterocycles. The third-order valence-corrected chi connectivity index (χ3v) is 4.10. The number of amides is 1. The van der Waals surface area contributed by atoms with E-state index in [0.29, 0.717) is 19.0 Å². The number of carbonyl (C=O) groups is 1. The average molecular weight is 310 g/mol. The van der Waals surface area contributed by atoms with Gasteiger partial charge in [0.25, 0.3) is 0 Å². The standard InChI is InChI=1S/C15H22N2O3S/c1-10(2)17-12(15(16)18)9-21-11-4-5-13-14(8-11)20-7-3-6-19-13/h4-5,8,10,12,17H,3,6-7,9H2,1-2H3,(H2,16,18). The van der Waals surface area contributed by atoms with Crippen molar-refractivity contribution in [3.8, 4) is 11.5 Å². The highest BCUT2D eigenvalue weighted by atomic mass is 32.2. The Kier molecular flexibility index (Phi) is 5.76. The fourth-order valence-corrected chi connectivity index (χ4v) is 3.00. The van der Waals surface area contributed by atoms with Crippen molar-refractivity contribution in [1.29, 1.82) is 0 Å². The molecular weight excluding hydrogens is 288 g/mol. The van der Waals surface area contributed by atoms with Crippen molar-refractivity contribution in [2.24, 2.45) is 5.73 Å². The number of hydrogen-bond acceptors (Lipinski definition) is 5. The molecule has 21 heavy (non-hydrogen) atoms. The summed E-state index contributed by atoms with van der Waals surface area (Å²) in [6.07, 6.45) is 0.888. The van der Waals surface area contributed by atoms with Crippen LogP contribution in [0.3, 0.4) is 0 Å². The molecule has 116 valence electrons. The Hall–Kier alpha value is -1.40. The van der Waals surface area contributed by atoms with E-state index < -0.39 is 0 Å². The molecule has 1 heterocycles. The van der Waals surface area contributed by atoms with Crippen molar-refractivity contribution < 1.29 is 14.3 Å². The summed E-state index contributed by atoms with van der Waals surface area (Å²) in [7, 11) is 0. The van der Waals surface area contributed by atoms with E-state index in [-0.39, 0.29) is 18.0 Å². The van der Waals surface area contributed by atoms with E-state index in [4.69, 9.17) is 15.2 Å². The monoisotopic (exact) mass is 310 g/mol. The Morgan fingerprint density at radius 3 is 2.71 bits per heavy atom. The number of primary amides is 1. The molecule has 1 unspecified atom stereocenters. The van der Waals surface area contributed by atoms with Crippen molar-refractivity contribution in [1.82, 2.24) is 5.32 Å². The highest BCUT2D eigenvalue weighted by Crippen LogP contribution is 2.34. The van der Waals surface area contributed by atoms with Gasteiger partial charge in [0.2, 0.25) is 5.91 Å². The Labute approximate surface area is 129 Å². The molecule has 0 aliphatic carbocycles. The molecule has 0 saturated carbocycles. The number of rotatable bonds is 6. The Morgan fingerprint density at radius 1 is 1.33 bits per heavy atom. The van der Waals surface area contributed by atoms with Crippen LogP contribution < -0.4 is 20.5 Å². The number of ether oxygens (including phenoxy) is 2. The highest BCUT2D eigenvalue weighted by molar-refractivity contribution is 7.99. The maximum Gasteiger partial charge on any atom is 0.235 e. The zero-order valence-corrected chi connectivity index (χ0v) is 13.2. The van der Waals surface area contributed by atoms with Crippen LogP contribution in [0.5, 0.6) is 11.5 Å². The van der Waals surface area contributed by atoms with Crippen LogP contribution in [0, 0.1) is 0 Å². The van der Waals surface area contributed by atoms with Gasteiger partial charge in [0.1, 0.15) is 0 Å². The lowest BCUT2D eigenvalue weighted by molar-refractivity contribution is -0.119. The minimum atomic E-state index is -0.342. The van der Waals surface area contributed by atoms with Crippen LogP contribution in [-0.2, 0) is 4.79 Å². The normalized spacial score (nSPS) is 15.6. The van der Waals surface area contributed by atoms with E-state index in [1.807, 2.05) is 32.0 Å². The first-order valence-electron chi connectivity index (χ1n) is 7.14. The van der Waals surface area contributed by atoms with Crippen molar-refractivity contribution >= 4 is 17.7 Å². The molecule has 2 rings (SSSR count). The Bertz CT molecular complexity index is 494. The predicted octanol–water partition coefficient (Wildman–Crippen LogP) is 1.79. The van der Waals surface area contributed by atoms with Crippen LogP contribution in [-0.4, -0.2) is 37.0 Å². The van der Waals surface area contributed by atoms with E-state index in [1.165, 1.54) is 0 Å². The van der Waals surface area contributed by atoms with Gasteiger partial charge in [-0.15, -0.1) is 11.8 Å². The molecule has 0 fully saturated rings. The first-order valence-corrected chi connectivity index (χ1v) is 8.12. The summed E-state index contributed by atoms with van der Waals surface area (Å²) < 4.78 is 11.3. The maximum absolute atomic E-state index is 11.4. The molecule has 1 aliphatic rings. The van der Waals surface area contributed by atoms with Crippen molar-refractivity contribution in [3.05, 3.63) is 18.2 Å². The number of hydrogen-bond donors (Lipinski definition) is 2. The minimum absolute atomic E-state index is 0.215. The lowest BCUT2D eigenvalue weighted by Gasteiger charge is -2.18. The fraction of sp³-hybridized carbons (Fsp3) is 0.533. The molecule has 1 aromatic rings. The van der Waals surface area contributed by atoms with Gasteiger partial charge >= 0.3 is 0 Å². The molecule has 5 nitrogen and oxygen atoms in total. The van der Waals surface area contributed by atoms with Gasteiger partial charge in [-0.25, -0.2) is 0 Å². The number of nitrogens with two attached hydrogens (primary N) is 1. The average Bonchev–Trinajstić information content (AvgIpc) is 2.67. The molecule has 6 heteroatoms.